The van der Waals surface area contributed by atoms with Gasteiger partial charge >= 0.3 is 0 Å². The second-order valence-corrected chi connectivity index (χ2v) is 5.87. The molecule has 0 bridgehead atoms. The minimum absolute atomic E-state index is 0.290. The molecule has 0 fully saturated rings. The van der Waals surface area contributed by atoms with E-state index in [0.29, 0.717) is 26.3 Å². The molecule has 2 aromatic carbocycles. The topological polar surface area (TPSA) is 29.1 Å². The van der Waals surface area contributed by atoms with Crippen LogP contribution in [0.4, 0.5) is 5.69 Å². The summed E-state index contributed by atoms with van der Waals surface area (Å²) in [7, 11) is 0. The number of benzene rings is 2. The molecule has 98 valence electrons. The van der Waals surface area contributed by atoms with E-state index in [-0.39, 0.29) is 5.91 Å². The fourth-order valence-electron chi connectivity index (χ4n) is 1.45. The predicted molar refractivity (Wildman–Crippen MR) is 83.6 cm³/mol. The van der Waals surface area contributed by atoms with Gasteiger partial charge in [-0.15, -0.1) is 0 Å². The number of anilines is 1. The molecular formula is C13H7BrCl3NO. The molecule has 0 saturated heterocycles. The highest BCUT2D eigenvalue weighted by Gasteiger charge is 2.12. The second kappa shape index (κ2) is 6.14. The molecule has 1 N–H and O–H groups in total. The third-order valence-corrected chi connectivity index (χ3v) is 3.71. The third kappa shape index (κ3) is 3.63. The first-order chi connectivity index (χ1) is 8.97. The predicted octanol–water partition coefficient (Wildman–Crippen LogP) is 5.66. The highest BCUT2D eigenvalue weighted by Crippen LogP contribution is 2.27. The fraction of sp³-hybridized carbons (Fsp3) is 0. The van der Waals surface area contributed by atoms with Gasteiger partial charge in [-0.2, -0.15) is 0 Å². The normalized spacial score (nSPS) is 10.3. The van der Waals surface area contributed by atoms with Gasteiger partial charge in [0.1, 0.15) is 0 Å². The van der Waals surface area contributed by atoms with Crippen molar-refractivity contribution < 1.29 is 4.79 Å². The van der Waals surface area contributed by atoms with Gasteiger partial charge in [-0.1, -0.05) is 50.7 Å². The van der Waals surface area contributed by atoms with E-state index in [1.54, 1.807) is 30.3 Å². The number of rotatable bonds is 2. The Kier molecular flexibility index (Phi) is 4.74. The maximum atomic E-state index is 12.1. The van der Waals surface area contributed by atoms with E-state index in [1.165, 1.54) is 6.07 Å². The number of carbonyl (C=O) groups is 1. The summed E-state index contributed by atoms with van der Waals surface area (Å²) in [6.07, 6.45) is 0. The number of nitrogens with one attached hydrogen (secondary N) is 1. The maximum Gasteiger partial charge on any atom is 0.257 e. The molecule has 2 nitrogen and oxygen atoms in total. The molecule has 0 spiro atoms. The number of carbonyl (C=O) groups excluding carboxylic acids is 1. The molecule has 6 heteroatoms. The van der Waals surface area contributed by atoms with Crippen LogP contribution in [0.25, 0.3) is 0 Å². The zero-order valence-corrected chi connectivity index (χ0v) is 13.2. The quantitative estimate of drug-likeness (QED) is 0.716. The molecule has 0 aliphatic rings. The summed E-state index contributed by atoms with van der Waals surface area (Å²) in [5.41, 5.74) is 0.853. The molecule has 0 heterocycles. The van der Waals surface area contributed by atoms with E-state index in [2.05, 4.69) is 21.2 Å². The van der Waals surface area contributed by atoms with Crippen molar-refractivity contribution in [3.63, 3.8) is 0 Å². The lowest BCUT2D eigenvalue weighted by atomic mass is 10.2. The minimum Gasteiger partial charge on any atom is -0.321 e. The van der Waals surface area contributed by atoms with Crippen molar-refractivity contribution in [3.05, 3.63) is 61.5 Å². The standard InChI is InChI=1S/C13H7BrCl3NO/c14-7-1-4-12(11(17)5-7)18-13(19)9-3-2-8(15)6-10(9)16/h1-6H,(H,18,19). The lowest BCUT2D eigenvalue weighted by Crippen LogP contribution is -2.12. The summed E-state index contributed by atoms with van der Waals surface area (Å²) in [5, 5.41) is 3.90. The van der Waals surface area contributed by atoms with Gasteiger partial charge in [0.05, 0.1) is 21.3 Å². The Bertz CT molecular complexity index is 646. The van der Waals surface area contributed by atoms with Crippen LogP contribution >= 0.6 is 50.7 Å². The van der Waals surface area contributed by atoms with E-state index < -0.39 is 0 Å². The average Bonchev–Trinajstić information content (AvgIpc) is 2.32. The van der Waals surface area contributed by atoms with Crippen molar-refractivity contribution in [1.29, 1.82) is 0 Å². The van der Waals surface area contributed by atoms with Crippen molar-refractivity contribution >= 4 is 62.3 Å². The van der Waals surface area contributed by atoms with Crippen LogP contribution in [0, 0.1) is 0 Å². The first-order valence-corrected chi connectivity index (χ1v) is 7.11. The summed E-state index contributed by atoms with van der Waals surface area (Å²) < 4.78 is 0.833. The minimum atomic E-state index is -0.342. The first kappa shape index (κ1) is 14.7. The summed E-state index contributed by atoms with van der Waals surface area (Å²) in [6, 6.07) is 9.86. The van der Waals surface area contributed by atoms with Gasteiger partial charge in [0.15, 0.2) is 0 Å². The molecule has 19 heavy (non-hydrogen) atoms. The molecule has 2 aromatic rings. The monoisotopic (exact) mass is 377 g/mol. The molecule has 0 unspecified atom stereocenters. The van der Waals surface area contributed by atoms with E-state index in [9.17, 15) is 4.79 Å². The largest absolute Gasteiger partial charge is 0.321 e. The molecule has 0 aliphatic heterocycles. The van der Waals surface area contributed by atoms with E-state index in [4.69, 9.17) is 34.8 Å². The summed E-state index contributed by atoms with van der Waals surface area (Å²) in [6.45, 7) is 0. The smallest absolute Gasteiger partial charge is 0.257 e. The van der Waals surface area contributed by atoms with Crippen LogP contribution < -0.4 is 5.32 Å². The number of halogens is 4. The Morgan fingerprint density at radius 3 is 2.37 bits per heavy atom. The van der Waals surface area contributed by atoms with E-state index in [0.717, 1.165) is 4.47 Å². The lowest BCUT2D eigenvalue weighted by molar-refractivity contribution is 0.102. The van der Waals surface area contributed by atoms with Crippen LogP contribution in [0.1, 0.15) is 10.4 Å². The molecule has 2 rings (SSSR count). The van der Waals surface area contributed by atoms with Gasteiger partial charge in [0.25, 0.3) is 5.91 Å². The SMILES string of the molecule is O=C(Nc1ccc(Br)cc1Cl)c1ccc(Cl)cc1Cl. The van der Waals surface area contributed by atoms with Crippen LogP contribution in [0.5, 0.6) is 0 Å². The van der Waals surface area contributed by atoms with E-state index in [1.807, 2.05) is 0 Å². The van der Waals surface area contributed by atoms with Crippen LogP contribution in [0.2, 0.25) is 15.1 Å². The second-order valence-electron chi connectivity index (χ2n) is 3.70. The van der Waals surface area contributed by atoms with Crippen LogP contribution in [0.3, 0.4) is 0 Å². The van der Waals surface area contributed by atoms with Gasteiger partial charge in [-0.3, -0.25) is 4.79 Å². The molecule has 0 radical (unpaired) electrons. The van der Waals surface area contributed by atoms with Crippen LogP contribution in [-0.2, 0) is 0 Å². The average molecular weight is 379 g/mol. The molecule has 0 aromatic heterocycles. The zero-order valence-electron chi connectivity index (χ0n) is 9.38. The number of hydrogen-bond donors (Lipinski definition) is 1. The number of amides is 1. The Labute approximate surface area is 133 Å². The molecule has 0 saturated carbocycles. The fourth-order valence-corrected chi connectivity index (χ4v) is 2.67. The molecular weight excluding hydrogens is 372 g/mol. The van der Waals surface area contributed by atoms with Crippen molar-refractivity contribution in [1.82, 2.24) is 0 Å². The molecule has 0 atom stereocenters. The van der Waals surface area contributed by atoms with Crippen molar-refractivity contribution in [3.8, 4) is 0 Å². The van der Waals surface area contributed by atoms with E-state index >= 15 is 0 Å². The van der Waals surface area contributed by atoms with Gasteiger partial charge in [0, 0.05) is 9.50 Å². The Balaban J connectivity index is 2.25. The van der Waals surface area contributed by atoms with Crippen molar-refractivity contribution in [2.24, 2.45) is 0 Å². The number of hydrogen-bond acceptors (Lipinski definition) is 1. The Morgan fingerprint density at radius 2 is 1.74 bits per heavy atom. The lowest BCUT2D eigenvalue weighted by Gasteiger charge is -2.09. The third-order valence-electron chi connectivity index (χ3n) is 2.36. The summed E-state index contributed by atoms with van der Waals surface area (Å²) in [5.74, 6) is -0.342. The highest BCUT2D eigenvalue weighted by atomic mass is 79.9. The summed E-state index contributed by atoms with van der Waals surface area (Å²) in [4.78, 5) is 12.1. The zero-order chi connectivity index (χ0) is 14.0. The van der Waals surface area contributed by atoms with Gasteiger partial charge in [0.2, 0.25) is 0 Å². The van der Waals surface area contributed by atoms with Crippen LogP contribution in [-0.4, -0.2) is 5.91 Å². The van der Waals surface area contributed by atoms with Gasteiger partial charge < -0.3 is 5.32 Å². The highest BCUT2D eigenvalue weighted by molar-refractivity contribution is 9.10. The molecule has 1 amide bonds. The van der Waals surface area contributed by atoms with Crippen LogP contribution in [0.15, 0.2) is 40.9 Å². The van der Waals surface area contributed by atoms with Gasteiger partial charge in [-0.05, 0) is 36.4 Å². The first-order valence-electron chi connectivity index (χ1n) is 5.19. The summed E-state index contributed by atoms with van der Waals surface area (Å²) >= 11 is 21.1. The van der Waals surface area contributed by atoms with Crippen molar-refractivity contribution in [2.45, 2.75) is 0 Å². The van der Waals surface area contributed by atoms with Gasteiger partial charge in [-0.25, -0.2) is 0 Å². The Hall–Kier alpha value is -0.740. The molecule has 0 aliphatic carbocycles. The van der Waals surface area contributed by atoms with Crippen molar-refractivity contribution in [2.75, 3.05) is 5.32 Å². The maximum absolute atomic E-state index is 12.1. The Morgan fingerprint density at radius 1 is 1.00 bits per heavy atom.